The van der Waals surface area contributed by atoms with Crippen LogP contribution in [0, 0.1) is 0 Å². The first-order valence-corrected chi connectivity index (χ1v) is 7.99. The Kier molecular flexibility index (Phi) is 6.91. The second-order valence-electron chi connectivity index (χ2n) is 5.77. The van der Waals surface area contributed by atoms with Gasteiger partial charge in [-0.1, -0.05) is 36.4 Å². The Morgan fingerprint density at radius 2 is 1.88 bits per heavy atom. The van der Waals surface area contributed by atoms with Gasteiger partial charge in [0.05, 0.1) is 19.8 Å². The standard InChI is InChI=1S/C19H23NO3.ClH/c1-22-18-10-6-5-7-15(18)13-17(21)19-14-20(11-12-23-19)16-8-3-2-4-9-16;/h2-10,17,19,21H,11-14H2,1H3;1H. The molecule has 2 aromatic rings. The lowest BCUT2D eigenvalue weighted by Gasteiger charge is -2.36. The maximum atomic E-state index is 10.6. The van der Waals surface area contributed by atoms with Crippen LogP contribution in [0.4, 0.5) is 5.69 Å². The van der Waals surface area contributed by atoms with E-state index in [-0.39, 0.29) is 18.5 Å². The number of hydrogen-bond acceptors (Lipinski definition) is 4. The smallest absolute Gasteiger partial charge is 0.122 e. The van der Waals surface area contributed by atoms with Gasteiger partial charge >= 0.3 is 0 Å². The molecule has 0 aromatic heterocycles. The van der Waals surface area contributed by atoms with Crippen LogP contribution in [0.3, 0.4) is 0 Å². The summed E-state index contributed by atoms with van der Waals surface area (Å²) in [4.78, 5) is 2.26. The summed E-state index contributed by atoms with van der Waals surface area (Å²) in [6.45, 7) is 2.17. The number of ether oxygens (including phenoxy) is 2. The largest absolute Gasteiger partial charge is 0.496 e. The maximum absolute atomic E-state index is 10.6. The van der Waals surface area contributed by atoms with Crippen LogP contribution in [0.1, 0.15) is 5.56 Å². The third kappa shape index (κ3) is 4.41. The monoisotopic (exact) mass is 349 g/mol. The zero-order chi connectivity index (χ0) is 16.1. The molecule has 1 N–H and O–H groups in total. The Morgan fingerprint density at radius 1 is 1.17 bits per heavy atom. The van der Waals surface area contributed by atoms with E-state index in [1.807, 2.05) is 42.5 Å². The van der Waals surface area contributed by atoms with Gasteiger partial charge in [0.1, 0.15) is 11.9 Å². The number of halogens is 1. The van der Waals surface area contributed by atoms with Crippen molar-refractivity contribution in [3.8, 4) is 5.75 Å². The fraction of sp³-hybridized carbons (Fsp3) is 0.368. The second-order valence-corrected chi connectivity index (χ2v) is 5.77. The lowest BCUT2D eigenvalue weighted by atomic mass is 10.0. The van der Waals surface area contributed by atoms with Crippen molar-refractivity contribution in [1.29, 1.82) is 0 Å². The number of morpholine rings is 1. The van der Waals surface area contributed by atoms with Gasteiger partial charge in [-0.3, -0.25) is 0 Å². The lowest BCUT2D eigenvalue weighted by molar-refractivity contribution is -0.0438. The van der Waals surface area contributed by atoms with Crippen molar-refractivity contribution in [3.05, 3.63) is 60.2 Å². The molecule has 2 unspecified atom stereocenters. The van der Waals surface area contributed by atoms with Gasteiger partial charge in [-0.15, -0.1) is 12.4 Å². The molecule has 4 nitrogen and oxygen atoms in total. The van der Waals surface area contributed by atoms with Gasteiger partial charge in [0, 0.05) is 25.2 Å². The van der Waals surface area contributed by atoms with Gasteiger partial charge in [-0.25, -0.2) is 0 Å². The third-order valence-corrected chi connectivity index (χ3v) is 4.27. The summed E-state index contributed by atoms with van der Waals surface area (Å²) < 4.78 is 11.2. The number of nitrogens with zero attached hydrogens (tertiary/aromatic N) is 1. The molecule has 0 aliphatic carbocycles. The molecule has 24 heavy (non-hydrogen) atoms. The zero-order valence-corrected chi connectivity index (χ0v) is 14.6. The predicted octanol–water partition coefficient (Wildman–Crippen LogP) is 2.93. The Bertz CT molecular complexity index is 623. The lowest BCUT2D eigenvalue weighted by Crippen LogP contribution is -2.48. The molecule has 1 aliphatic heterocycles. The number of hydrogen-bond donors (Lipinski definition) is 1. The Balaban J connectivity index is 0.00000208. The van der Waals surface area contributed by atoms with Crippen molar-refractivity contribution < 1.29 is 14.6 Å². The maximum Gasteiger partial charge on any atom is 0.122 e. The molecule has 2 aromatic carbocycles. The van der Waals surface area contributed by atoms with Gasteiger partial charge < -0.3 is 19.5 Å². The average molecular weight is 350 g/mol. The Morgan fingerprint density at radius 3 is 2.62 bits per heavy atom. The van der Waals surface area contributed by atoms with Crippen LogP contribution in [0.5, 0.6) is 5.75 Å². The van der Waals surface area contributed by atoms with Crippen LogP contribution in [-0.4, -0.2) is 44.1 Å². The van der Waals surface area contributed by atoms with Gasteiger partial charge in [-0.2, -0.15) is 0 Å². The minimum Gasteiger partial charge on any atom is -0.496 e. The number of para-hydroxylation sites is 2. The first-order valence-electron chi connectivity index (χ1n) is 7.99. The molecule has 1 heterocycles. The molecule has 0 spiro atoms. The predicted molar refractivity (Wildman–Crippen MR) is 98.3 cm³/mol. The topological polar surface area (TPSA) is 41.9 Å². The first-order chi connectivity index (χ1) is 11.3. The summed E-state index contributed by atoms with van der Waals surface area (Å²) in [7, 11) is 1.65. The van der Waals surface area contributed by atoms with Gasteiger partial charge in [0.15, 0.2) is 0 Å². The average Bonchev–Trinajstić information content (AvgIpc) is 2.63. The minimum atomic E-state index is -0.558. The molecule has 1 saturated heterocycles. The number of aliphatic hydroxyl groups is 1. The quantitative estimate of drug-likeness (QED) is 0.901. The van der Waals surface area contributed by atoms with Gasteiger partial charge in [-0.05, 0) is 23.8 Å². The highest BCUT2D eigenvalue weighted by molar-refractivity contribution is 5.85. The molecule has 130 valence electrons. The van der Waals surface area contributed by atoms with Crippen LogP contribution in [0.25, 0.3) is 0 Å². The van der Waals surface area contributed by atoms with Crippen LogP contribution in [0.2, 0.25) is 0 Å². The Hall–Kier alpha value is -1.75. The van der Waals surface area contributed by atoms with E-state index < -0.39 is 6.10 Å². The summed E-state index contributed by atoms with van der Waals surface area (Å²) >= 11 is 0. The number of methoxy groups -OCH3 is 1. The van der Waals surface area contributed by atoms with E-state index >= 15 is 0 Å². The van der Waals surface area contributed by atoms with E-state index in [0.717, 1.165) is 17.9 Å². The second kappa shape index (κ2) is 8.92. The molecule has 0 amide bonds. The van der Waals surface area contributed by atoms with Crippen LogP contribution in [0.15, 0.2) is 54.6 Å². The fourth-order valence-corrected chi connectivity index (χ4v) is 3.01. The number of rotatable bonds is 5. The molecule has 5 heteroatoms. The molecular formula is C19H24ClNO3. The molecule has 3 rings (SSSR count). The fourth-order valence-electron chi connectivity index (χ4n) is 3.01. The molecule has 2 atom stereocenters. The number of benzene rings is 2. The van der Waals surface area contributed by atoms with Crippen molar-refractivity contribution in [2.24, 2.45) is 0 Å². The van der Waals surface area contributed by atoms with E-state index in [1.54, 1.807) is 7.11 Å². The molecular weight excluding hydrogens is 326 g/mol. The van der Waals surface area contributed by atoms with E-state index in [2.05, 4.69) is 17.0 Å². The van der Waals surface area contributed by atoms with Gasteiger partial charge in [0.2, 0.25) is 0 Å². The van der Waals surface area contributed by atoms with Crippen molar-refractivity contribution in [3.63, 3.8) is 0 Å². The van der Waals surface area contributed by atoms with Crippen molar-refractivity contribution in [2.75, 3.05) is 31.7 Å². The molecule has 1 aliphatic rings. The molecule has 0 saturated carbocycles. The number of anilines is 1. The number of aliphatic hydroxyl groups excluding tert-OH is 1. The van der Waals surface area contributed by atoms with Crippen molar-refractivity contribution in [1.82, 2.24) is 0 Å². The first kappa shape index (κ1) is 18.6. The summed E-state index contributed by atoms with van der Waals surface area (Å²) in [5.74, 6) is 0.808. The highest BCUT2D eigenvalue weighted by atomic mass is 35.5. The Labute approximate surface area is 149 Å². The highest BCUT2D eigenvalue weighted by Gasteiger charge is 2.27. The van der Waals surface area contributed by atoms with Gasteiger partial charge in [0.25, 0.3) is 0 Å². The minimum absolute atomic E-state index is 0. The van der Waals surface area contributed by atoms with Crippen molar-refractivity contribution >= 4 is 18.1 Å². The summed E-state index contributed by atoms with van der Waals surface area (Å²) in [5.41, 5.74) is 2.17. The van der Waals surface area contributed by atoms with Crippen LogP contribution >= 0.6 is 12.4 Å². The normalized spacial score (nSPS) is 18.6. The third-order valence-electron chi connectivity index (χ3n) is 4.27. The summed E-state index contributed by atoms with van der Waals surface area (Å²) in [5, 5.41) is 10.6. The van der Waals surface area contributed by atoms with E-state index in [0.29, 0.717) is 19.6 Å². The zero-order valence-electron chi connectivity index (χ0n) is 13.8. The molecule has 1 fully saturated rings. The van der Waals surface area contributed by atoms with E-state index in [1.165, 1.54) is 5.69 Å². The summed E-state index contributed by atoms with van der Waals surface area (Å²) in [6.07, 6.45) is -0.233. The summed E-state index contributed by atoms with van der Waals surface area (Å²) in [6, 6.07) is 18.1. The van der Waals surface area contributed by atoms with E-state index in [9.17, 15) is 5.11 Å². The molecule has 0 bridgehead atoms. The molecule has 0 radical (unpaired) electrons. The highest BCUT2D eigenvalue weighted by Crippen LogP contribution is 2.23. The van der Waals surface area contributed by atoms with Crippen LogP contribution in [-0.2, 0) is 11.2 Å². The SMILES string of the molecule is COc1ccccc1CC(O)C1CN(c2ccccc2)CCO1.Cl. The van der Waals surface area contributed by atoms with Crippen molar-refractivity contribution in [2.45, 2.75) is 18.6 Å². The van der Waals surface area contributed by atoms with E-state index in [4.69, 9.17) is 9.47 Å². The van der Waals surface area contributed by atoms with Crippen LogP contribution < -0.4 is 9.64 Å².